The Kier molecular flexibility index (Phi) is 5.78. The fourth-order valence-corrected chi connectivity index (χ4v) is 4.32. The minimum atomic E-state index is -0.782. The number of hydrogen-bond donors (Lipinski definition) is 2. The number of fused-ring (bicyclic) bond motifs is 2. The van der Waals surface area contributed by atoms with E-state index in [1.54, 1.807) is 42.5 Å². The van der Waals surface area contributed by atoms with Crippen LogP contribution >= 0.6 is 0 Å². The van der Waals surface area contributed by atoms with Gasteiger partial charge < -0.3 is 28.8 Å². The predicted octanol–water partition coefficient (Wildman–Crippen LogP) is 4.34. The zero-order valence-corrected chi connectivity index (χ0v) is 18.8. The van der Waals surface area contributed by atoms with Crippen LogP contribution in [0.15, 0.2) is 69.9 Å². The maximum absolute atomic E-state index is 13.1. The standard InChI is InChI=1S/C27H22O8/c1-32-24(31)12-17(16-7-8-21-23(11-16)34-10-9-33-21)25-18(28)13-19(29)26-20(30)14-22(35-27(25)26)15-5-3-2-4-6-15/h2-8,11,13-14,17,28-29H,9-10,12H2,1H3. The van der Waals surface area contributed by atoms with Crippen molar-refractivity contribution in [2.45, 2.75) is 12.3 Å². The Hall–Kier alpha value is -4.46. The van der Waals surface area contributed by atoms with Gasteiger partial charge in [-0.1, -0.05) is 36.4 Å². The molecule has 0 bridgehead atoms. The molecule has 35 heavy (non-hydrogen) atoms. The summed E-state index contributed by atoms with van der Waals surface area (Å²) in [7, 11) is 1.27. The van der Waals surface area contributed by atoms with E-state index in [2.05, 4.69) is 0 Å². The summed E-state index contributed by atoms with van der Waals surface area (Å²) in [6.45, 7) is 0.801. The van der Waals surface area contributed by atoms with E-state index in [1.807, 2.05) is 6.07 Å². The number of aromatic hydroxyl groups is 2. The lowest BCUT2D eigenvalue weighted by atomic mass is 9.86. The van der Waals surface area contributed by atoms with Gasteiger partial charge >= 0.3 is 5.97 Å². The molecule has 0 spiro atoms. The Morgan fingerprint density at radius 3 is 2.46 bits per heavy atom. The molecule has 0 radical (unpaired) electrons. The zero-order chi connectivity index (χ0) is 24.5. The Balaban J connectivity index is 1.77. The van der Waals surface area contributed by atoms with Crippen molar-refractivity contribution in [1.29, 1.82) is 0 Å². The van der Waals surface area contributed by atoms with Gasteiger partial charge in [0.2, 0.25) is 0 Å². The highest BCUT2D eigenvalue weighted by Gasteiger charge is 2.29. The summed E-state index contributed by atoms with van der Waals surface area (Å²) in [5.74, 6) is -0.746. The first-order chi connectivity index (χ1) is 17.0. The van der Waals surface area contributed by atoms with Crippen LogP contribution in [0.4, 0.5) is 0 Å². The number of benzene rings is 3. The van der Waals surface area contributed by atoms with Gasteiger partial charge in [-0.05, 0) is 17.7 Å². The topological polar surface area (TPSA) is 115 Å². The van der Waals surface area contributed by atoms with E-state index in [0.717, 1.165) is 6.07 Å². The highest BCUT2D eigenvalue weighted by atomic mass is 16.6. The van der Waals surface area contributed by atoms with Gasteiger partial charge in [-0.15, -0.1) is 0 Å². The van der Waals surface area contributed by atoms with Crippen LogP contribution in [-0.2, 0) is 9.53 Å². The number of phenolic OH excluding ortho intramolecular Hbond substituents is 2. The molecule has 0 aliphatic carbocycles. The number of hydrogen-bond acceptors (Lipinski definition) is 8. The molecule has 8 nitrogen and oxygen atoms in total. The van der Waals surface area contributed by atoms with E-state index in [0.29, 0.717) is 35.8 Å². The monoisotopic (exact) mass is 474 g/mol. The molecule has 0 saturated heterocycles. The van der Waals surface area contributed by atoms with Crippen molar-refractivity contribution in [3.8, 4) is 34.3 Å². The first kappa shape index (κ1) is 22.3. The minimum Gasteiger partial charge on any atom is -0.507 e. The van der Waals surface area contributed by atoms with E-state index in [-0.39, 0.29) is 34.5 Å². The average Bonchev–Trinajstić information content (AvgIpc) is 2.87. The van der Waals surface area contributed by atoms with Gasteiger partial charge in [0.15, 0.2) is 16.9 Å². The van der Waals surface area contributed by atoms with Crippen molar-refractivity contribution in [2.24, 2.45) is 0 Å². The molecular weight excluding hydrogens is 452 g/mol. The Morgan fingerprint density at radius 2 is 1.71 bits per heavy atom. The number of carbonyl (C=O) groups excluding carboxylic acids is 1. The van der Waals surface area contributed by atoms with Crippen LogP contribution in [0.25, 0.3) is 22.3 Å². The molecule has 1 atom stereocenters. The first-order valence-corrected chi connectivity index (χ1v) is 11.0. The Morgan fingerprint density at radius 1 is 0.971 bits per heavy atom. The van der Waals surface area contributed by atoms with Gasteiger partial charge in [0.25, 0.3) is 0 Å². The summed E-state index contributed by atoms with van der Waals surface area (Å²) in [4.78, 5) is 25.5. The van der Waals surface area contributed by atoms with Gasteiger partial charge in [0.1, 0.15) is 41.4 Å². The third kappa shape index (κ3) is 4.14. The Labute approximate surface area is 199 Å². The molecule has 1 aromatic heterocycles. The molecule has 3 aromatic carbocycles. The molecule has 1 unspecified atom stereocenters. The number of ether oxygens (including phenoxy) is 3. The van der Waals surface area contributed by atoms with Crippen molar-refractivity contribution in [3.63, 3.8) is 0 Å². The van der Waals surface area contributed by atoms with E-state index < -0.39 is 23.1 Å². The molecule has 2 heterocycles. The number of carbonyl (C=O) groups is 1. The third-order valence-corrected chi connectivity index (χ3v) is 5.97. The number of methoxy groups -OCH3 is 1. The van der Waals surface area contributed by atoms with Crippen molar-refractivity contribution in [2.75, 3.05) is 20.3 Å². The van der Waals surface area contributed by atoms with Crippen molar-refractivity contribution in [3.05, 3.63) is 82.0 Å². The van der Waals surface area contributed by atoms with Crippen LogP contribution in [0.5, 0.6) is 23.0 Å². The number of phenols is 2. The quantitative estimate of drug-likeness (QED) is 0.411. The average molecular weight is 474 g/mol. The summed E-state index contributed by atoms with van der Waals surface area (Å²) in [6, 6.07) is 16.6. The lowest BCUT2D eigenvalue weighted by Gasteiger charge is -2.23. The highest BCUT2D eigenvalue weighted by Crippen LogP contribution is 2.44. The molecule has 8 heteroatoms. The summed E-state index contributed by atoms with van der Waals surface area (Å²) in [5, 5.41) is 21.4. The van der Waals surface area contributed by atoms with Crippen molar-refractivity contribution < 1.29 is 33.6 Å². The summed E-state index contributed by atoms with van der Waals surface area (Å²) >= 11 is 0. The second-order valence-corrected chi connectivity index (χ2v) is 8.11. The molecule has 0 saturated carbocycles. The van der Waals surface area contributed by atoms with Crippen LogP contribution < -0.4 is 14.9 Å². The molecular formula is C27H22O8. The molecule has 1 aliphatic heterocycles. The second kappa shape index (κ2) is 9.06. The summed E-state index contributed by atoms with van der Waals surface area (Å²) in [6.07, 6.45) is -0.164. The van der Waals surface area contributed by atoms with Crippen molar-refractivity contribution in [1.82, 2.24) is 0 Å². The molecule has 0 fully saturated rings. The highest BCUT2D eigenvalue weighted by molar-refractivity contribution is 5.90. The molecule has 178 valence electrons. The first-order valence-electron chi connectivity index (χ1n) is 11.0. The van der Waals surface area contributed by atoms with Gasteiger partial charge in [-0.3, -0.25) is 9.59 Å². The zero-order valence-electron chi connectivity index (χ0n) is 18.8. The summed E-state index contributed by atoms with van der Waals surface area (Å²) in [5.41, 5.74) is 0.925. The molecule has 0 amide bonds. The van der Waals surface area contributed by atoms with Gasteiger partial charge in [0, 0.05) is 29.2 Å². The van der Waals surface area contributed by atoms with E-state index >= 15 is 0 Å². The second-order valence-electron chi connectivity index (χ2n) is 8.11. The maximum Gasteiger partial charge on any atom is 0.306 e. The summed E-state index contributed by atoms with van der Waals surface area (Å²) < 4.78 is 22.3. The van der Waals surface area contributed by atoms with Gasteiger partial charge in [-0.2, -0.15) is 0 Å². The van der Waals surface area contributed by atoms with Crippen LogP contribution in [-0.4, -0.2) is 36.5 Å². The molecule has 4 aromatic rings. The largest absolute Gasteiger partial charge is 0.507 e. The van der Waals surface area contributed by atoms with Crippen LogP contribution in [0.2, 0.25) is 0 Å². The van der Waals surface area contributed by atoms with Crippen molar-refractivity contribution >= 4 is 16.9 Å². The van der Waals surface area contributed by atoms with Gasteiger partial charge in [-0.25, -0.2) is 0 Å². The van der Waals surface area contributed by atoms with E-state index in [9.17, 15) is 19.8 Å². The maximum atomic E-state index is 13.1. The SMILES string of the molecule is COC(=O)CC(c1ccc2c(c1)OCCO2)c1c(O)cc(O)c2c(=O)cc(-c3ccccc3)oc12. The van der Waals surface area contributed by atoms with E-state index in [1.165, 1.54) is 13.2 Å². The van der Waals surface area contributed by atoms with Gasteiger partial charge in [0.05, 0.1) is 13.5 Å². The molecule has 1 aliphatic rings. The molecule has 5 rings (SSSR count). The third-order valence-electron chi connectivity index (χ3n) is 5.97. The normalized spacial score (nSPS) is 13.4. The van der Waals surface area contributed by atoms with Crippen LogP contribution in [0.3, 0.4) is 0 Å². The minimum absolute atomic E-state index is 0.0161. The lowest BCUT2D eigenvalue weighted by Crippen LogP contribution is -2.16. The fraction of sp³-hybridized carbons (Fsp3) is 0.185. The van der Waals surface area contributed by atoms with Crippen LogP contribution in [0, 0.1) is 0 Å². The number of rotatable bonds is 5. The van der Waals surface area contributed by atoms with Crippen LogP contribution in [0.1, 0.15) is 23.5 Å². The lowest BCUT2D eigenvalue weighted by molar-refractivity contribution is -0.140. The number of esters is 1. The van der Waals surface area contributed by atoms with E-state index in [4.69, 9.17) is 18.6 Å². The molecule has 2 N–H and O–H groups in total. The predicted molar refractivity (Wildman–Crippen MR) is 127 cm³/mol. The smallest absolute Gasteiger partial charge is 0.306 e. The fourth-order valence-electron chi connectivity index (χ4n) is 4.32. The Bertz CT molecular complexity index is 1470.